The van der Waals surface area contributed by atoms with Crippen molar-refractivity contribution in [2.24, 2.45) is 5.73 Å². The van der Waals surface area contributed by atoms with E-state index in [1.54, 1.807) is 11.8 Å². The number of thioether (sulfide) groups is 1. The van der Waals surface area contributed by atoms with Crippen molar-refractivity contribution < 1.29 is 4.79 Å². The average Bonchev–Trinajstić information content (AvgIpc) is 2.99. The summed E-state index contributed by atoms with van der Waals surface area (Å²) in [6.07, 6.45) is 5.28. The third kappa shape index (κ3) is 5.02. The number of benzene rings is 1. The molecule has 116 valence electrons. The number of nitrogens with zero attached hydrogens (tertiary/aromatic N) is 1. The van der Waals surface area contributed by atoms with E-state index in [1.165, 1.54) is 18.4 Å². The maximum Gasteiger partial charge on any atom is 0.241 e. The van der Waals surface area contributed by atoms with Crippen LogP contribution in [0.15, 0.2) is 24.3 Å². The summed E-state index contributed by atoms with van der Waals surface area (Å²) in [6.45, 7) is 3.20. The fourth-order valence-electron chi connectivity index (χ4n) is 2.56. The number of para-hydroxylation sites is 1. The van der Waals surface area contributed by atoms with E-state index < -0.39 is 6.04 Å². The van der Waals surface area contributed by atoms with Crippen LogP contribution >= 0.6 is 11.8 Å². The number of hydrogen-bond donors (Lipinski definition) is 2. The van der Waals surface area contributed by atoms with Gasteiger partial charge in [0.1, 0.15) is 0 Å². The molecule has 0 bridgehead atoms. The van der Waals surface area contributed by atoms with Crippen molar-refractivity contribution in [3.8, 4) is 0 Å². The summed E-state index contributed by atoms with van der Waals surface area (Å²) in [6, 6.07) is 7.59. The number of carbonyl (C=O) groups excluding carboxylic acids is 1. The van der Waals surface area contributed by atoms with Crippen LogP contribution in [0, 0.1) is 0 Å². The predicted molar refractivity (Wildman–Crippen MR) is 90.6 cm³/mol. The minimum atomic E-state index is -0.433. The zero-order chi connectivity index (χ0) is 15.1. The number of carbonyl (C=O) groups is 1. The second kappa shape index (κ2) is 8.41. The van der Waals surface area contributed by atoms with Gasteiger partial charge in [0.05, 0.1) is 6.04 Å². The Balaban J connectivity index is 1.97. The van der Waals surface area contributed by atoms with Crippen molar-refractivity contribution in [2.75, 3.05) is 30.4 Å². The first-order chi connectivity index (χ1) is 10.2. The smallest absolute Gasteiger partial charge is 0.241 e. The van der Waals surface area contributed by atoms with E-state index >= 15 is 0 Å². The molecule has 0 radical (unpaired) electrons. The minimum absolute atomic E-state index is 0.0853. The predicted octanol–water partition coefficient (Wildman–Crippen LogP) is 2.30. The van der Waals surface area contributed by atoms with Crippen molar-refractivity contribution in [1.82, 2.24) is 4.90 Å². The van der Waals surface area contributed by atoms with Gasteiger partial charge in [0.25, 0.3) is 0 Å². The average molecular weight is 307 g/mol. The Morgan fingerprint density at radius 1 is 1.38 bits per heavy atom. The molecular weight excluding hydrogens is 282 g/mol. The number of likely N-dealkylation sites (tertiary alicyclic amines) is 1. The molecule has 0 aliphatic carbocycles. The largest absolute Gasteiger partial charge is 0.324 e. The lowest BCUT2D eigenvalue weighted by molar-refractivity contribution is -0.117. The molecule has 1 aromatic carbocycles. The van der Waals surface area contributed by atoms with Gasteiger partial charge in [-0.1, -0.05) is 18.2 Å². The first-order valence-corrected chi connectivity index (χ1v) is 8.95. The fourth-order valence-corrected chi connectivity index (χ4v) is 3.05. The molecule has 0 aromatic heterocycles. The van der Waals surface area contributed by atoms with E-state index in [4.69, 9.17) is 5.73 Å². The Morgan fingerprint density at radius 2 is 2.10 bits per heavy atom. The van der Waals surface area contributed by atoms with Crippen molar-refractivity contribution in [1.29, 1.82) is 0 Å². The highest BCUT2D eigenvalue weighted by molar-refractivity contribution is 7.98. The summed E-state index contributed by atoms with van der Waals surface area (Å²) < 4.78 is 0. The van der Waals surface area contributed by atoms with Gasteiger partial charge in [0.15, 0.2) is 0 Å². The van der Waals surface area contributed by atoms with Crippen LogP contribution in [0.5, 0.6) is 0 Å². The molecule has 1 aliphatic rings. The van der Waals surface area contributed by atoms with E-state index in [-0.39, 0.29) is 5.91 Å². The topological polar surface area (TPSA) is 58.4 Å². The maximum atomic E-state index is 12.1. The van der Waals surface area contributed by atoms with Crippen LogP contribution < -0.4 is 11.1 Å². The molecule has 3 N–H and O–H groups in total. The lowest BCUT2D eigenvalue weighted by Gasteiger charge is -2.19. The van der Waals surface area contributed by atoms with E-state index in [1.807, 2.05) is 24.5 Å². The van der Waals surface area contributed by atoms with Crippen LogP contribution in [0.4, 0.5) is 5.69 Å². The lowest BCUT2D eigenvalue weighted by atomic mass is 10.1. The van der Waals surface area contributed by atoms with Gasteiger partial charge in [0.2, 0.25) is 5.91 Å². The number of rotatable bonds is 7. The van der Waals surface area contributed by atoms with Crippen LogP contribution in [-0.4, -0.2) is 41.9 Å². The van der Waals surface area contributed by atoms with Crippen molar-refractivity contribution in [2.45, 2.75) is 31.8 Å². The number of amides is 1. The first-order valence-electron chi connectivity index (χ1n) is 7.56. The summed E-state index contributed by atoms with van der Waals surface area (Å²) in [4.78, 5) is 14.6. The van der Waals surface area contributed by atoms with Crippen LogP contribution in [-0.2, 0) is 11.3 Å². The molecule has 21 heavy (non-hydrogen) atoms. The molecular formula is C16H25N3OS. The second-order valence-electron chi connectivity index (χ2n) is 5.52. The molecule has 1 heterocycles. The highest BCUT2D eigenvalue weighted by Crippen LogP contribution is 2.20. The van der Waals surface area contributed by atoms with E-state index in [9.17, 15) is 4.79 Å². The van der Waals surface area contributed by atoms with Gasteiger partial charge in [-0.05, 0) is 56.0 Å². The van der Waals surface area contributed by atoms with Gasteiger partial charge in [-0.15, -0.1) is 0 Å². The molecule has 2 rings (SSSR count). The van der Waals surface area contributed by atoms with Crippen LogP contribution in [0.3, 0.4) is 0 Å². The Labute approximate surface area is 131 Å². The molecule has 1 fully saturated rings. The van der Waals surface area contributed by atoms with Crippen molar-refractivity contribution in [3.05, 3.63) is 29.8 Å². The van der Waals surface area contributed by atoms with Gasteiger partial charge in [-0.25, -0.2) is 0 Å². The Morgan fingerprint density at radius 3 is 2.81 bits per heavy atom. The zero-order valence-corrected chi connectivity index (χ0v) is 13.5. The monoisotopic (exact) mass is 307 g/mol. The molecule has 0 unspecified atom stereocenters. The van der Waals surface area contributed by atoms with E-state index in [0.29, 0.717) is 6.42 Å². The van der Waals surface area contributed by atoms with E-state index in [2.05, 4.69) is 16.3 Å². The molecule has 0 spiro atoms. The summed E-state index contributed by atoms with van der Waals surface area (Å²) in [5.41, 5.74) is 8.00. The van der Waals surface area contributed by atoms with Crippen LogP contribution in [0.25, 0.3) is 0 Å². The first kappa shape index (κ1) is 16.3. The number of anilines is 1. The third-order valence-corrected chi connectivity index (χ3v) is 4.48. The SMILES string of the molecule is CSCC[C@H](N)C(=O)Nc1ccccc1CN1CCCC1. The molecule has 4 nitrogen and oxygen atoms in total. The van der Waals surface area contributed by atoms with Crippen molar-refractivity contribution >= 4 is 23.4 Å². The standard InChI is InChI=1S/C16H25N3OS/c1-21-11-8-14(17)16(20)18-15-7-3-2-6-13(15)12-19-9-4-5-10-19/h2-3,6-7,14H,4-5,8-12,17H2,1H3,(H,18,20)/t14-/m0/s1. The van der Waals surface area contributed by atoms with Crippen LogP contribution in [0.1, 0.15) is 24.8 Å². The highest BCUT2D eigenvalue weighted by atomic mass is 32.2. The summed E-state index contributed by atoms with van der Waals surface area (Å²) in [7, 11) is 0. The number of hydrogen-bond acceptors (Lipinski definition) is 4. The summed E-state index contributed by atoms with van der Waals surface area (Å²) in [5.74, 6) is 0.821. The van der Waals surface area contributed by atoms with Gasteiger partial charge >= 0.3 is 0 Å². The Hall–Kier alpha value is -1.04. The molecule has 1 aliphatic heterocycles. The fraction of sp³-hybridized carbons (Fsp3) is 0.562. The lowest BCUT2D eigenvalue weighted by Crippen LogP contribution is -2.36. The molecule has 5 heteroatoms. The van der Waals surface area contributed by atoms with Crippen LogP contribution in [0.2, 0.25) is 0 Å². The molecule has 1 saturated heterocycles. The van der Waals surface area contributed by atoms with E-state index in [0.717, 1.165) is 31.1 Å². The van der Waals surface area contributed by atoms with Gasteiger partial charge in [-0.3, -0.25) is 9.69 Å². The van der Waals surface area contributed by atoms with Gasteiger partial charge in [0, 0.05) is 12.2 Å². The number of nitrogens with two attached hydrogens (primary N) is 1. The Bertz CT molecular complexity index is 461. The normalized spacial score (nSPS) is 16.9. The number of nitrogens with one attached hydrogen (secondary N) is 1. The molecule has 1 amide bonds. The van der Waals surface area contributed by atoms with Gasteiger partial charge < -0.3 is 11.1 Å². The second-order valence-corrected chi connectivity index (χ2v) is 6.50. The summed E-state index contributed by atoms with van der Waals surface area (Å²) in [5, 5.41) is 2.99. The minimum Gasteiger partial charge on any atom is -0.324 e. The quantitative estimate of drug-likeness (QED) is 0.811. The Kier molecular flexibility index (Phi) is 6.54. The van der Waals surface area contributed by atoms with Crippen molar-refractivity contribution in [3.63, 3.8) is 0 Å². The third-order valence-electron chi connectivity index (χ3n) is 3.84. The molecule has 1 atom stereocenters. The maximum absolute atomic E-state index is 12.1. The highest BCUT2D eigenvalue weighted by Gasteiger charge is 2.17. The molecule has 0 saturated carbocycles. The summed E-state index contributed by atoms with van der Waals surface area (Å²) >= 11 is 1.71. The zero-order valence-electron chi connectivity index (χ0n) is 12.7. The molecule has 1 aromatic rings. The van der Waals surface area contributed by atoms with Gasteiger partial charge in [-0.2, -0.15) is 11.8 Å².